The molecule has 2 aliphatic carbocycles. The summed E-state index contributed by atoms with van der Waals surface area (Å²) in [6.07, 6.45) is 10.4. The van der Waals surface area contributed by atoms with Crippen molar-refractivity contribution in [3.63, 3.8) is 0 Å². The molecule has 3 heterocycles. The molecule has 0 radical (unpaired) electrons. The van der Waals surface area contributed by atoms with Crippen molar-refractivity contribution in [3.8, 4) is 0 Å². The Balaban J connectivity index is 1.35. The second-order valence-electron chi connectivity index (χ2n) is 15.2. The summed E-state index contributed by atoms with van der Waals surface area (Å²) in [5.74, 6) is -1.11. The van der Waals surface area contributed by atoms with E-state index in [2.05, 4.69) is 26.3 Å². The summed E-state index contributed by atoms with van der Waals surface area (Å²) < 4.78 is 14.3. The Morgan fingerprint density at radius 1 is 0.760 bits per heavy atom. The maximum absolute atomic E-state index is 14.8. The van der Waals surface area contributed by atoms with Crippen LogP contribution in [0.5, 0.6) is 0 Å². The lowest BCUT2D eigenvalue weighted by Crippen LogP contribution is -2.58. The minimum absolute atomic E-state index is 0.0389. The van der Waals surface area contributed by atoms with Crippen LogP contribution in [-0.4, -0.2) is 102 Å². The number of aromatic amines is 1. The third-order valence-electron chi connectivity index (χ3n) is 12.2. The highest BCUT2D eigenvalue weighted by Crippen LogP contribution is 2.43. The van der Waals surface area contributed by atoms with Crippen LogP contribution in [0.3, 0.4) is 0 Å². The van der Waals surface area contributed by atoms with Gasteiger partial charge in [-0.05, 0) is 96.1 Å². The number of halogens is 1. The molecular weight excluding hydrogens is 637 g/mol. The van der Waals surface area contributed by atoms with Crippen LogP contribution in [0.1, 0.15) is 96.1 Å². The average Bonchev–Trinajstić information content (AvgIpc) is 3.86. The van der Waals surface area contributed by atoms with Gasteiger partial charge in [-0.2, -0.15) is 0 Å². The predicted molar refractivity (Wildman–Crippen MR) is 191 cm³/mol. The molecule has 2 saturated carbocycles. The number of likely N-dealkylation sites (N-methyl/N-ethyl adjacent to an activating group) is 2. The molecular formula is C38H56FN7O4. The third kappa shape index (κ3) is 7.42. The molecule has 4 amide bonds. The minimum Gasteiger partial charge on any atom is -0.358 e. The number of amides is 4. The fourth-order valence-corrected chi connectivity index (χ4v) is 9.07. The summed E-state index contributed by atoms with van der Waals surface area (Å²) >= 11 is 0. The number of likely N-dealkylation sites (tertiary alicyclic amines) is 2. The number of H-pyrrole nitrogens is 1. The third-order valence-corrected chi connectivity index (χ3v) is 12.2. The van der Waals surface area contributed by atoms with E-state index in [4.69, 9.17) is 0 Å². The Bertz CT molecular complexity index is 1480. The molecule has 1 unspecified atom stereocenters. The van der Waals surface area contributed by atoms with Gasteiger partial charge in [0.2, 0.25) is 23.6 Å². The molecule has 0 spiro atoms. The van der Waals surface area contributed by atoms with Crippen molar-refractivity contribution in [2.24, 2.45) is 11.8 Å². The maximum atomic E-state index is 14.8. The lowest BCUT2D eigenvalue weighted by molar-refractivity contribution is -0.141. The number of aromatic nitrogens is 1. The summed E-state index contributed by atoms with van der Waals surface area (Å²) in [5, 5.41) is 13.0. The second-order valence-corrected chi connectivity index (χ2v) is 15.2. The molecule has 274 valence electrons. The number of benzene rings is 1. The first-order valence-corrected chi connectivity index (χ1v) is 19.0. The SMILES string of the molecule is CN[C@@H](C)C(=O)N[C@H](C(=O)N1C[C@H](c2cc3cc(F)ccc3[nH]2)[C@@H]2C1CCN2C(=O)[C@@H](NC(=O)[C@H](C)NC)C1CCCCC1)C1CCCCC1. The van der Waals surface area contributed by atoms with Crippen LogP contribution >= 0.6 is 0 Å². The molecule has 50 heavy (non-hydrogen) atoms. The summed E-state index contributed by atoms with van der Waals surface area (Å²) in [6, 6.07) is 3.78. The van der Waals surface area contributed by atoms with Gasteiger partial charge < -0.3 is 36.1 Å². The molecule has 7 atom stereocenters. The van der Waals surface area contributed by atoms with Crippen LogP contribution in [0.25, 0.3) is 10.9 Å². The smallest absolute Gasteiger partial charge is 0.245 e. The molecule has 2 aliphatic heterocycles. The van der Waals surface area contributed by atoms with Crippen molar-refractivity contribution in [3.05, 3.63) is 35.8 Å². The van der Waals surface area contributed by atoms with Crippen LogP contribution < -0.4 is 21.3 Å². The van der Waals surface area contributed by atoms with Crippen LogP contribution in [-0.2, 0) is 19.2 Å². The van der Waals surface area contributed by atoms with Gasteiger partial charge in [0, 0.05) is 35.6 Å². The first kappa shape index (κ1) is 36.3. The standard InChI is InChI=1S/C38H56FN7O4/c1-22(40-3)35(47)43-32(24-11-7-5-8-12-24)37(49)45-18-17-31-34(45)28(30-20-26-19-27(39)15-16-29(26)42-30)21-46(31)38(50)33(25-13-9-6-10-14-25)44-36(48)23(2)41-4/h15-16,19-20,22-25,28,31-34,40-42H,5-14,17-18,21H2,1-4H3,(H,43,47)(H,44,48)/t22-,23-,28+,31?,32-,33-,34+/m0/s1. The number of hydrogen-bond acceptors (Lipinski definition) is 6. The van der Waals surface area contributed by atoms with Crippen molar-refractivity contribution in [1.29, 1.82) is 0 Å². The van der Waals surface area contributed by atoms with Gasteiger partial charge >= 0.3 is 0 Å². The Morgan fingerprint density at radius 3 is 1.84 bits per heavy atom. The van der Waals surface area contributed by atoms with Crippen molar-refractivity contribution in [2.45, 2.75) is 127 Å². The first-order valence-electron chi connectivity index (χ1n) is 19.0. The highest BCUT2D eigenvalue weighted by Gasteiger charge is 2.55. The zero-order valence-electron chi connectivity index (χ0n) is 30.1. The highest BCUT2D eigenvalue weighted by atomic mass is 19.1. The van der Waals surface area contributed by atoms with Crippen LogP contribution in [0.4, 0.5) is 4.39 Å². The normalized spacial score (nSPS) is 25.6. The molecule has 4 aliphatic rings. The first-order chi connectivity index (χ1) is 24.1. The van der Waals surface area contributed by atoms with E-state index in [-0.39, 0.29) is 59.3 Å². The molecule has 5 N–H and O–H groups in total. The van der Waals surface area contributed by atoms with Gasteiger partial charge in [0.1, 0.15) is 17.9 Å². The number of hydrogen-bond donors (Lipinski definition) is 5. The second kappa shape index (κ2) is 15.8. The molecule has 2 aromatic rings. The highest BCUT2D eigenvalue weighted by molar-refractivity contribution is 5.92. The van der Waals surface area contributed by atoms with Gasteiger partial charge in [0.15, 0.2) is 0 Å². The lowest BCUT2D eigenvalue weighted by Gasteiger charge is -2.36. The average molecular weight is 694 g/mol. The number of carbonyl (C=O) groups excluding carboxylic acids is 4. The van der Waals surface area contributed by atoms with E-state index in [1.165, 1.54) is 12.1 Å². The van der Waals surface area contributed by atoms with E-state index in [0.717, 1.165) is 80.8 Å². The molecule has 2 saturated heterocycles. The molecule has 6 rings (SSSR count). The van der Waals surface area contributed by atoms with Gasteiger partial charge in [0.05, 0.1) is 24.2 Å². The molecule has 1 aromatic carbocycles. The van der Waals surface area contributed by atoms with E-state index in [9.17, 15) is 23.6 Å². The number of carbonyl (C=O) groups is 4. The van der Waals surface area contributed by atoms with Crippen LogP contribution in [0, 0.1) is 17.7 Å². The van der Waals surface area contributed by atoms with E-state index in [0.29, 0.717) is 19.5 Å². The van der Waals surface area contributed by atoms with Crippen LogP contribution in [0.2, 0.25) is 0 Å². The van der Waals surface area contributed by atoms with Gasteiger partial charge in [0.25, 0.3) is 0 Å². The minimum atomic E-state index is -0.656. The topological polar surface area (TPSA) is 139 Å². The van der Waals surface area contributed by atoms with Gasteiger partial charge in [-0.25, -0.2) is 4.39 Å². The lowest BCUT2D eigenvalue weighted by atomic mass is 9.82. The summed E-state index contributed by atoms with van der Waals surface area (Å²) in [6.45, 7) is 4.40. The number of nitrogens with zero attached hydrogens (tertiary/aromatic N) is 2. The predicted octanol–water partition coefficient (Wildman–Crippen LogP) is 3.55. The monoisotopic (exact) mass is 693 g/mol. The van der Waals surface area contributed by atoms with Crippen molar-refractivity contribution in [2.75, 3.05) is 27.2 Å². The van der Waals surface area contributed by atoms with E-state index in [1.54, 1.807) is 34.0 Å². The van der Waals surface area contributed by atoms with Crippen molar-refractivity contribution < 1.29 is 23.6 Å². The number of nitrogens with one attached hydrogen (secondary N) is 5. The van der Waals surface area contributed by atoms with Gasteiger partial charge in [-0.3, -0.25) is 19.2 Å². The summed E-state index contributed by atoms with van der Waals surface area (Å²) in [4.78, 5) is 63.4. The molecule has 4 fully saturated rings. The zero-order valence-corrected chi connectivity index (χ0v) is 30.1. The largest absolute Gasteiger partial charge is 0.358 e. The van der Waals surface area contributed by atoms with Gasteiger partial charge in [-0.1, -0.05) is 38.5 Å². The Labute approximate surface area is 295 Å². The number of fused-ring (bicyclic) bond motifs is 2. The van der Waals surface area contributed by atoms with Gasteiger partial charge in [-0.15, -0.1) is 0 Å². The quantitative estimate of drug-likeness (QED) is 0.244. The molecule has 11 nitrogen and oxygen atoms in total. The Morgan fingerprint density at radius 2 is 1.30 bits per heavy atom. The Hall–Kier alpha value is -3.51. The Kier molecular flexibility index (Phi) is 11.5. The van der Waals surface area contributed by atoms with Crippen LogP contribution in [0.15, 0.2) is 24.3 Å². The zero-order chi connectivity index (χ0) is 35.5. The molecule has 12 heteroatoms. The fraction of sp³-hybridized carbons (Fsp3) is 0.684. The summed E-state index contributed by atoms with van der Waals surface area (Å²) in [5.41, 5.74) is 1.64. The maximum Gasteiger partial charge on any atom is 0.245 e. The number of rotatable bonds is 11. The van der Waals surface area contributed by atoms with E-state index in [1.807, 2.05) is 15.9 Å². The molecule has 0 bridgehead atoms. The van der Waals surface area contributed by atoms with Crippen molar-refractivity contribution >= 4 is 34.5 Å². The van der Waals surface area contributed by atoms with E-state index < -0.39 is 24.2 Å². The molecule has 1 aromatic heterocycles. The van der Waals surface area contributed by atoms with Crippen molar-refractivity contribution in [1.82, 2.24) is 36.1 Å². The summed E-state index contributed by atoms with van der Waals surface area (Å²) in [7, 11) is 3.46. The van der Waals surface area contributed by atoms with E-state index >= 15 is 0 Å². The fourth-order valence-electron chi connectivity index (χ4n) is 9.07.